The van der Waals surface area contributed by atoms with Gasteiger partial charge < -0.3 is 15.5 Å². The molecule has 1 amide bonds. The standard InChI is InChI=1S/C13H21NO4/c1-13(18,6-10(15)16)7-14-12(17)11-8-4-2-3-5-9(8)11/h8-9,11,18H,2-7H2,1H3,(H,14,17)(H,15,16). The van der Waals surface area contributed by atoms with Gasteiger partial charge in [-0.3, -0.25) is 9.59 Å². The molecule has 102 valence electrons. The van der Waals surface area contributed by atoms with E-state index in [4.69, 9.17) is 5.11 Å². The Bertz CT molecular complexity index is 341. The maximum atomic E-state index is 11.9. The fraction of sp³-hybridized carbons (Fsp3) is 0.846. The van der Waals surface area contributed by atoms with Gasteiger partial charge in [-0.25, -0.2) is 0 Å². The summed E-state index contributed by atoms with van der Waals surface area (Å²) in [4.78, 5) is 22.5. The number of carboxylic acid groups (broad SMARTS) is 1. The molecule has 3 atom stereocenters. The molecule has 0 heterocycles. The molecule has 5 heteroatoms. The van der Waals surface area contributed by atoms with Crippen LogP contribution in [0.4, 0.5) is 0 Å². The second-order valence-corrected chi connectivity index (χ2v) is 5.92. The summed E-state index contributed by atoms with van der Waals surface area (Å²) in [6.07, 6.45) is 4.33. The van der Waals surface area contributed by atoms with Crippen molar-refractivity contribution in [2.75, 3.05) is 6.54 Å². The third-order valence-electron chi connectivity index (χ3n) is 4.13. The highest BCUT2D eigenvalue weighted by atomic mass is 16.4. The Morgan fingerprint density at radius 1 is 1.28 bits per heavy atom. The van der Waals surface area contributed by atoms with Gasteiger partial charge in [0.1, 0.15) is 0 Å². The minimum absolute atomic E-state index is 0.00801. The van der Waals surface area contributed by atoms with Crippen molar-refractivity contribution in [2.45, 2.75) is 44.6 Å². The first-order chi connectivity index (χ1) is 8.41. The predicted octanol–water partition coefficient (Wildman–Crippen LogP) is 0.764. The van der Waals surface area contributed by atoms with Crippen molar-refractivity contribution in [1.82, 2.24) is 5.32 Å². The number of nitrogens with one attached hydrogen (secondary N) is 1. The molecule has 0 bridgehead atoms. The van der Waals surface area contributed by atoms with Gasteiger partial charge in [0.25, 0.3) is 0 Å². The highest BCUT2D eigenvalue weighted by molar-refractivity contribution is 5.82. The Balaban J connectivity index is 1.77. The minimum Gasteiger partial charge on any atom is -0.481 e. The van der Waals surface area contributed by atoms with E-state index in [1.807, 2.05) is 0 Å². The van der Waals surface area contributed by atoms with E-state index in [1.54, 1.807) is 0 Å². The van der Waals surface area contributed by atoms with Crippen molar-refractivity contribution in [3.05, 3.63) is 0 Å². The molecule has 2 fully saturated rings. The molecule has 3 N–H and O–H groups in total. The van der Waals surface area contributed by atoms with E-state index in [0.29, 0.717) is 11.8 Å². The van der Waals surface area contributed by atoms with Crippen LogP contribution in [0.15, 0.2) is 0 Å². The molecule has 5 nitrogen and oxygen atoms in total. The Hall–Kier alpha value is -1.10. The van der Waals surface area contributed by atoms with Crippen LogP contribution in [-0.4, -0.2) is 34.2 Å². The lowest BCUT2D eigenvalue weighted by Gasteiger charge is -2.21. The number of carbonyl (C=O) groups excluding carboxylic acids is 1. The molecule has 0 aromatic heterocycles. The minimum atomic E-state index is -1.37. The number of aliphatic carboxylic acids is 1. The SMILES string of the molecule is CC(O)(CNC(=O)C1C2CCCCC21)CC(=O)O. The molecule has 0 aliphatic heterocycles. The number of carbonyl (C=O) groups is 2. The summed E-state index contributed by atoms with van der Waals surface area (Å²) in [5, 5.41) is 21.1. The van der Waals surface area contributed by atoms with E-state index in [0.717, 1.165) is 12.8 Å². The van der Waals surface area contributed by atoms with Gasteiger partial charge in [-0.15, -0.1) is 0 Å². The summed E-state index contributed by atoms with van der Waals surface area (Å²) in [6, 6.07) is 0. The van der Waals surface area contributed by atoms with Crippen LogP contribution in [0.1, 0.15) is 39.0 Å². The summed E-state index contributed by atoms with van der Waals surface area (Å²) < 4.78 is 0. The molecule has 0 saturated heterocycles. The maximum absolute atomic E-state index is 11.9. The van der Waals surface area contributed by atoms with Crippen molar-refractivity contribution in [3.63, 3.8) is 0 Å². The fourth-order valence-corrected chi connectivity index (χ4v) is 3.16. The van der Waals surface area contributed by atoms with Crippen LogP contribution in [0.2, 0.25) is 0 Å². The number of amides is 1. The van der Waals surface area contributed by atoms with Crippen molar-refractivity contribution < 1.29 is 19.8 Å². The monoisotopic (exact) mass is 255 g/mol. The van der Waals surface area contributed by atoms with E-state index in [-0.39, 0.29) is 24.8 Å². The van der Waals surface area contributed by atoms with Crippen LogP contribution in [0.3, 0.4) is 0 Å². The maximum Gasteiger partial charge on any atom is 0.306 e. The normalized spacial score (nSPS) is 33.1. The van der Waals surface area contributed by atoms with Crippen molar-refractivity contribution in [1.29, 1.82) is 0 Å². The number of fused-ring (bicyclic) bond motifs is 1. The quantitative estimate of drug-likeness (QED) is 0.677. The number of rotatable bonds is 5. The molecule has 2 rings (SSSR count). The van der Waals surface area contributed by atoms with E-state index < -0.39 is 11.6 Å². The molecular formula is C13H21NO4. The molecule has 18 heavy (non-hydrogen) atoms. The van der Waals surface area contributed by atoms with Gasteiger partial charge >= 0.3 is 5.97 Å². The van der Waals surface area contributed by atoms with Gasteiger partial charge in [-0.1, -0.05) is 12.8 Å². The topological polar surface area (TPSA) is 86.6 Å². The van der Waals surface area contributed by atoms with E-state index >= 15 is 0 Å². The molecular weight excluding hydrogens is 234 g/mol. The first-order valence-electron chi connectivity index (χ1n) is 6.62. The predicted molar refractivity (Wildman–Crippen MR) is 64.8 cm³/mol. The number of aliphatic hydroxyl groups is 1. The van der Waals surface area contributed by atoms with Gasteiger partial charge in [0.15, 0.2) is 0 Å². The Morgan fingerprint density at radius 2 is 1.83 bits per heavy atom. The Kier molecular flexibility index (Phi) is 3.61. The molecule has 3 unspecified atom stereocenters. The summed E-state index contributed by atoms with van der Waals surface area (Å²) >= 11 is 0. The van der Waals surface area contributed by atoms with Crippen molar-refractivity contribution in [2.24, 2.45) is 17.8 Å². The van der Waals surface area contributed by atoms with Gasteiger partial charge in [0, 0.05) is 12.5 Å². The highest BCUT2D eigenvalue weighted by Crippen LogP contribution is 2.55. The Morgan fingerprint density at radius 3 is 2.33 bits per heavy atom. The highest BCUT2D eigenvalue weighted by Gasteiger charge is 2.54. The van der Waals surface area contributed by atoms with Crippen molar-refractivity contribution in [3.8, 4) is 0 Å². The van der Waals surface area contributed by atoms with Crippen LogP contribution in [-0.2, 0) is 9.59 Å². The lowest BCUT2D eigenvalue weighted by molar-refractivity contribution is -0.142. The number of hydrogen-bond acceptors (Lipinski definition) is 3. The first kappa shape index (κ1) is 13.3. The molecule has 2 saturated carbocycles. The largest absolute Gasteiger partial charge is 0.481 e. The summed E-state index contributed by atoms with van der Waals surface area (Å²) in [6.45, 7) is 1.44. The number of carboxylic acids is 1. The zero-order chi connectivity index (χ0) is 13.3. The first-order valence-corrected chi connectivity index (χ1v) is 6.62. The van der Waals surface area contributed by atoms with E-state index in [1.165, 1.54) is 19.8 Å². The third kappa shape index (κ3) is 3.02. The summed E-state index contributed by atoms with van der Waals surface area (Å²) in [5.74, 6) is 0.0892. The molecule has 0 spiro atoms. The van der Waals surface area contributed by atoms with Crippen LogP contribution in [0.5, 0.6) is 0 Å². The average Bonchev–Trinajstić information content (AvgIpc) is 2.98. The summed E-state index contributed by atoms with van der Waals surface area (Å²) in [7, 11) is 0. The molecule has 0 aromatic carbocycles. The molecule has 0 radical (unpaired) electrons. The average molecular weight is 255 g/mol. The second-order valence-electron chi connectivity index (χ2n) is 5.92. The van der Waals surface area contributed by atoms with E-state index in [2.05, 4.69) is 5.32 Å². The lowest BCUT2D eigenvalue weighted by Crippen LogP contribution is -2.42. The zero-order valence-corrected chi connectivity index (χ0v) is 10.7. The molecule has 0 aromatic rings. The van der Waals surface area contributed by atoms with Gasteiger partial charge in [-0.2, -0.15) is 0 Å². The van der Waals surface area contributed by atoms with Gasteiger partial charge in [0.2, 0.25) is 5.91 Å². The van der Waals surface area contributed by atoms with Crippen molar-refractivity contribution >= 4 is 11.9 Å². The smallest absolute Gasteiger partial charge is 0.306 e. The third-order valence-corrected chi connectivity index (χ3v) is 4.13. The van der Waals surface area contributed by atoms with Crippen LogP contribution in [0.25, 0.3) is 0 Å². The molecule has 2 aliphatic rings. The lowest BCUT2D eigenvalue weighted by atomic mass is 10.0. The second kappa shape index (κ2) is 4.88. The van der Waals surface area contributed by atoms with Gasteiger partial charge in [0.05, 0.1) is 12.0 Å². The van der Waals surface area contributed by atoms with Crippen LogP contribution in [0, 0.1) is 17.8 Å². The molecule has 2 aliphatic carbocycles. The van der Waals surface area contributed by atoms with Gasteiger partial charge in [-0.05, 0) is 31.6 Å². The Labute approximate surface area is 107 Å². The van der Waals surface area contributed by atoms with Crippen LogP contribution >= 0.6 is 0 Å². The summed E-state index contributed by atoms with van der Waals surface area (Å²) in [5.41, 5.74) is -1.37. The van der Waals surface area contributed by atoms with Crippen LogP contribution < -0.4 is 5.32 Å². The zero-order valence-electron chi connectivity index (χ0n) is 10.7. The number of hydrogen-bond donors (Lipinski definition) is 3. The fourth-order valence-electron chi connectivity index (χ4n) is 3.16. The van der Waals surface area contributed by atoms with E-state index in [9.17, 15) is 14.7 Å².